The molecular weight excluding hydrogens is 284 g/mol. The molecule has 0 spiro atoms. The van der Waals surface area contributed by atoms with Gasteiger partial charge in [0, 0.05) is 24.5 Å². The zero-order valence-electron chi connectivity index (χ0n) is 11.1. The molecule has 1 aliphatic rings. The lowest BCUT2D eigenvalue weighted by Crippen LogP contribution is -2.40. The van der Waals surface area contributed by atoms with E-state index in [4.69, 9.17) is 4.74 Å². The van der Waals surface area contributed by atoms with Crippen LogP contribution >= 0.6 is 11.3 Å². The number of ether oxygens (including phenoxy) is 1. The Morgan fingerprint density at radius 3 is 2.84 bits per heavy atom. The van der Waals surface area contributed by atoms with E-state index in [0.717, 1.165) is 17.8 Å². The zero-order chi connectivity index (χ0) is 13.7. The van der Waals surface area contributed by atoms with E-state index in [1.54, 1.807) is 6.07 Å². The fourth-order valence-electron chi connectivity index (χ4n) is 1.99. The number of rotatable bonds is 6. The van der Waals surface area contributed by atoms with E-state index in [9.17, 15) is 8.42 Å². The van der Waals surface area contributed by atoms with Gasteiger partial charge in [-0.25, -0.2) is 8.42 Å². The smallest absolute Gasteiger partial charge is 0.244 e. The van der Waals surface area contributed by atoms with Crippen LogP contribution in [0, 0.1) is 0 Å². The van der Waals surface area contributed by atoms with Crippen molar-refractivity contribution in [3.8, 4) is 0 Å². The molecule has 1 aliphatic heterocycles. The fraction of sp³-hybridized carbons (Fsp3) is 0.667. The number of sulfonamides is 1. The van der Waals surface area contributed by atoms with Gasteiger partial charge in [0.1, 0.15) is 0 Å². The predicted octanol–water partition coefficient (Wildman–Crippen LogP) is 1.27. The van der Waals surface area contributed by atoms with Crippen LogP contribution in [0.25, 0.3) is 0 Å². The Hall–Kier alpha value is -0.470. The van der Waals surface area contributed by atoms with E-state index >= 15 is 0 Å². The zero-order valence-corrected chi connectivity index (χ0v) is 12.7. The van der Waals surface area contributed by atoms with Gasteiger partial charge < -0.3 is 10.1 Å². The third-order valence-corrected chi connectivity index (χ3v) is 6.04. The Kier molecular flexibility index (Phi) is 5.35. The highest BCUT2D eigenvalue weighted by Gasteiger charge is 2.28. The van der Waals surface area contributed by atoms with Crippen molar-refractivity contribution in [2.24, 2.45) is 0 Å². The van der Waals surface area contributed by atoms with Crippen LogP contribution < -0.4 is 5.32 Å². The summed E-state index contributed by atoms with van der Waals surface area (Å²) in [4.78, 5) is 1.34. The van der Waals surface area contributed by atoms with Gasteiger partial charge in [-0.2, -0.15) is 4.31 Å². The van der Waals surface area contributed by atoms with Crippen molar-refractivity contribution in [2.75, 3.05) is 32.8 Å². The molecule has 2 rings (SSSR count). The van der Waals surface area contributed by atoms with Crippen LogP contribution in [0.15, 0.2) is 16.3 Å². The summed E-state index contributed by atoms with van der Waals surface area (Å²) in [6.07, 6.45) is 1.04. The lowest BCUT2D eigenvalue weighted by atomic mass is 10.4. The topological polar surface area (TPSA) is 58.6 Å². The van der Waals surface area contributed by atoms with Gasteiger partial charge in [-0.05, 0) is 24.4 Å². The molecule has 0 aliphatic carbocycles. The van der Waals surface area contributed by atoms with Gasteiger partial charge in [-0.15, -0.1) is 11.3 Å². The molecule has 5 nitrogen and oxygen atoms in total. The van der Waals surface area contributed by atoms with Crippen molar-refractivity contribution in [1.29, 1.82) is 0 Å². The van der Waals surface area contributed by atoms with E-state index < -0.39 is 10.0 Å². The lowest BCUT2D eigenvalue weighted by molar-refractivity contribution is 0.0730. The van der Waals surface area contributed by atoms with Crippen LogP contribution in [0.2, 0.25) is 0 Å². The highest BCUT2D eigenvalue weighted by molar-refractivity contribution is 7.89. The Morgan fingerprint density at radius 2 is 2.16 bits per heavy atom. The number of nitrogens with zero attached hydrogens (tertiary/aromatic N) is 1. The Balaban J connectivity index is 2.13. The fourth-order valence-corrected chi connectivity index (χ4v) is 4.78. The monoisotopic (exact) mass is 304 g/mol. The average molecular weight is 304 g/mol. The SMILES string of the molecule is CCCNCc1sccc1S(=O)(=O)N1CCOCC1. The predicted molar refractivity (Wildman–Crippen MR) is 75.9 cm³/mol. The quantitative estimate of drug-likeness (QED) is 0.804. The molecule has 0 saturated carbocycles. The molecule has 1 aromatic rings. The summed E-state index contributed by atoms with van der Waals surface area (Å²) in [5, 5.41) is 5.10. The minimum atomic E-state index is -3.36. The second-order valence-corrected chi connectivity index (χ2v) is 7.31. The van der Waals surface area contributed by atoms with Gasteiger partial charge in [0.2, 0.25) is 10.0 Å². The van der Waals surface area contributed by atoms with Crippen molar-refractivity contribution >= 4 is 21.4 Å². The summed E-state index contributed by atoms with van der Waals surface area (Å²) in [7, 11) is -3.36. The number of thiophene rings is 1. The molecule has 0 unspecified atom stereocenters. The van der Waals surface area contributed by atoms with Gasteiger partial charge in [0.25, 0.3) is 0 Å². The van der Waals surface area contributed by atoms with E-state index in [0.29, 0.717) is 37.7 Å². The molecule has 1 N–H and O–H groups in total. The first kappa shape index (κ1) is 14.9. The van der Waals surface area contributed by atoms with Crippen LogP contribution in [0.3, 0.4) is 0 Å². The molecule has 1 aromatic heterocycles. The number of hydrogen-bond donors (Lipinski definition) is 1. The second kappa shape index (κ2) is 6.81. The Bertz CT molecular complexity index is 493. The summed E-state index contributed by atoms with van der Waals surface area (Å²) in [5.41, 5.74) is 0. The number of hydrogen-bond acceptors (Lipinski definition) is 5. The highest BCUT2D eigenvalue weighted by atomic mass is 32.2. The van der Waals surface area contributed by atoms with E-state index in [2.05, 4.69) is 12.2 Å². The molecule has 19 heavy (non-hydrogen) atoms. The largest absolute Gasteiger partial charge is 0.379 e. The minimum Gasteiger partial charge on any atom is -0.379 e. The molecule has 0 aromatic carbocycles. The summed E-state index contributed by atoms with van der Waals surface area (Å²) < 4.78 is 31.8. The van der Waals surface area contributed by atoms with Crippen LogP contribution in [0.4, 0.5) is 0 Å². The Labute approximate surface area is 118 Å². The van der Waals surface area contributed by atoms with Gasteiger partial charge in [-0.3, -0.25) is 0 Å². The van der Waals surface area contributed by atoms with Gasteiger partial charge in [-0.1, -0.05) is 6.92 Å². The lowest BCUT2D eigenvalue weighted by Gasteiger charge is -2.26. The molecule has 108 valence electrons. The molecule has 1 saturated heterocycles. The highest BCUT2D eigenvalue weighted by Crippen LogP contribution is 2.25. The molecule has 0 radical (unpaired) electrons. The Morgan fingerprint density at radius 1 is 1.42 bits per heavy atom. The summed E-state index contributed by atoms with van der Waals surface area (Å²) in [5.74, 6) is 0. The van der Waals surface area contributed by atoms with Crippen molar-refractivity contribution in [3.05, 3.63) is 16.3 Å². The first-order chi connectivity index (χ1) is 9.16. The van der Waals surface area contributed by atoms with E-state index in [1.165, 1.54) is 15.6 Å². The normalized spacial score (nSPS) is 17.7. The van der Waals surface area contributed by atoms with Crippen LogP contribution in [-0.2, 0) is 21.3 Å². The minimum absolute atomic E-state index is 0.444. The maximum Gasteiger partial charge on any atom is 0.244 e. The van der Waals surface area contributed by atoms with Crippen LogP contribution in [0.1, 0.15) is 18.2 Å². The van der Waals surface area contributed by atoms with Crippen molar-refractivity contribution in [3.63, 3.8) is 0 Å². The molecule has 2 heterocycles. The van der Waals surface area contributed by atoms with Crippen molar-refractivity contribution < 1.29 is 13.2 Å². The van der Waals surface area contributed by atoms with E-state index in [1.807, 2.05) is 5.38 Å². The third-order valence-electron chi connectivity index (χ3n) is 3.00. The summed E-state index contributed by atoms with van der Waals surface area (Å²) >= 11 is 1.49. The average Bonchev–Trinajstić information content (AvgIpc) is 2.89. The molecule has 0 amide bonds. The van der Waals surface area contributed by atoms with Gasteiger partial charge >= 0.3 is 0 Å². The molecule has 1 fully saturated rings. The first-order valence-corrected chi connectivity index (χ1v) is 8.83. The standard InChI is InChI=1S/C12H20N2O3S2/c1-2-4-13-10-11-12(3-9-18-11)19(15,16)14-5-7-17-8-6-14/h3,9,13H,2,4-8,10H2,1H3. The maximum atomic E-state index is 12.6. The summed E-state index contributed by atoms with van der Waals surface area (Å²) in [6.45, 7) is 5.45. The van der Waals surface area contributed by atoms with Gasteiger partial charge in [0.05, 0.1) is 18.1 Å². The maximum absolute atomic E-state index is 12.6. The molecule has 0 atom stereocenters. The van der Waals surface area contributed by atoms with E-state index in [-0.39, 0.29) is 0 Å². The first-order valence-electron chi connectivity index (χ1n) is 6.51. The molecule has 7 heteroatoms. The summed E-state index contributed by atoms with van der Waals surface area (Å²) in [6, 6.07) is 1.71. The number of morpholine rings is 1. The second-order valence-electron chi connectivity index (χ2n) is 4.40. The molecule has 0 bridgehead atoms. The van der Waals surface area contributed by atoms with Crippen LogP contribution in [-0.4, -0.2) is 45.6 Å². The third kappa shape index (κ3) is 3.55. The number of nitrogens with one attached hydrogen (secondary N) is 1. The van der Waals surface area contributed by atoms with Crippen LogP contribution in [0.5, 0.6) is 0 Å². The van der Waals surface area contributed by atoms with Crippen molar-refractivity contribution in [2.45, 2.75) is 24.8 Å². The van der Waals surface area contributed by atoms with Gasteiger partial charge in [0.15, 0.2) is 0 Å². The molecular formula is C12H20N2O3S2. The van der Waals surface area contributed by atoms with Crippen molar-refractivity contribution in [1.82, 2.24) is 9.62 Å².